The van der Waals surface area contributed by atoms with Crippen LogP contribution in [0.15, 0.2) is 78.9 Å². The van der Waals surface area contributed by atoms with Crippen molar-refractivity contribution >= 4 is 29.9 Å². The molecule has 0 spiro atoms. The molecular formula is C23H25NOSi. The Morgan fingerprint density at radius 3 is 1.65 bits per heavy atom. The molecule has 0 saturated carbocycles. The maximum absolute atomic E-state index is 12.8. The summed E-state index contributed by atoms with van der Waals surface area (Å²) in [6.45, 7) is 4.69. The Balaban J connectivity index is 1.84. The fourth-order valence-electron chi connectivity index (χ4n) is 3.14. The van der Waals surface area contributed by atoms with E-state index in [1.165, 1.54) is 10.4 Å². The minimum absolute atomic E-state index is 0.0704. The zero-order valence-electron chi connectivity index (χ0n) is 15.9. The number of benzene rings is 3. The second kappa shape index (κ2) is 7.30. The van der Waals surface area contributed by atoms with Crippen molar-refractivity contribution in [3.05, 3.63) is 90.0 Å². The first kappa shape index (κ1) is 18.1. The molecule has 3 aromatic carbocycles. The van der Waals surface area contributed by atoms with Gasteiger partial charge in [-0.05, 0) is 24.3 Å². The molecule has 2 nitrogen and oxygen atoms in total. The molecule has 0 atom stereocenters. The first-order chi connectivity index (χ1) is 12.4. The van der Waals surface area contributed by atoms with E-state index in [0.717, 1.165) is 16.8 Å². The van der Waals surface area contributed by atoms with Gasteiger partial charge in [-0.2, -0.15) is 0 Å². The molecule has 0 bridgehead atoms. The van der Waals surface area contributed by atoms with Gasteiger partial charge < -0.3 is 4.90 Å². The van der Waals surface area contributed by atoms with Gasteiger partial charge in [0, 0.05) is 30.9 Å². The molecule has 3 heteroatoms. The van der Waals surface area contributed by atoms with E-state index in [0.29, 0.717) is 0 Å². The summed E-state index contributed by atoms with van der Waals surface area (Å²) in [7, 11) is 2.26. The van der Waals surface area contributed by atoms with Crippen LogP contribution in [-0.2, 0) is 0 Å². The second-order valence-electron chi connectivity index (χ2n) is 7.34. The normalized spacial score (nSPS) is 11.2. The summed E-state index contributed by atoms with van der Waals surface area (Å²) in [5.41, 5.74) is 2.56. The van der Waals surface area contributed by atoms with Crippen molar-refractivity contribution in [2.24, 2.45) is 0 Å². The molecule has 0 radical (unpaired) electrons. The Kier molecular flexibility index (Phi) is 5.10. The van der Waals surface area contributed by atoms with E-state index in [2.05, 4.69) is 55.6 Å². The third kappa shape index (κ3) is 3.63. The number of carbonyl (C=O) groups excluding carboxylic acids is 1. The average Bonchev–Trinajstić information content (AvgIpc) is 2.68. The lowest BCUT2D eigenvalue weighted by Crippen LogP contribution is -2.52. The third-order valence-corrected chi connectivity index (χ3v) is 8.56. The van der Waals surface area contributed by atoms with E-state index < -0.39 is 8.07 Å². The Morgan fingerprint density at radius 1 is 0.692 bits per heavy atom. The molecular weight excluding hydrogens is 334 g/mol. The van der Waals surface area contributed by atoms with Gasteiger partial charge in [0.25, 0.3) is 0 Å². The lowest BCUT2D eigenvalue weighted by atomic mass is 10.0. The van der Waals surface area contributed by atoms with Crippen molar-refractivity contribution in [3.63, 3.8) is 0 Å². The summed E-state index contributed by atoms with van der Waals surface area (Å²) in [6.07, 6.45) is 0. The molecule has 0 aliphatic heterocycles. The molecule has 0 amide bonds. The lowest BCUT2D eigenvalue weighted by Gasteiger charge is -2.23. The molecule has 0 aliphatic rings. The highest BCUT2D eigenvalue weighted by atomic mass is 28.3. The number of hydrogen-bond acceptors (Lipinski definition) is 2. The molecule has 0 aliphatic carbocycles. The number of carbonyl (C=O) groups is 1. The minimum atomic E-state index is -1.73. The van der Waals surface area contributed by atoms with Crippen LogP contribution in [0.2, 0.25) is 13.1 Å². The molecule has 0 unspecified atom stereocenters. The van der Waals surface area contributed by atoms with Crippen LogP contribution < -0.4 is 15.3 Å². The maximum Gasteiger partial charge on any atom is 0.193 e. The Hall–Kier alpha value is -2.65. The molecule has 26 heavy (non-hydrogen) atoms. The molecule has 0 fully saturated rings. The van der Waals surface area contributed by atoms with Crippen molar-refractivity contribution in [2.45, 2.75) is 13.1 Å². The van der Waals surface area contributed by atoms with E-state index in [4.69, 9.17) is 0 Å². The van der Waals surface area contributed by atoms with Gasteiger partial charge in [0.05, 0.1) is 0 Å². The van der Waals surface area contributed by atoms with Gasteiger partial charge in [0.1, 0.15) is 8.07 Å². The van der Waals surface area contributed by atoms with E-state index in [1.807, 2.05) is 55.4 Å². The van der Waals surface area contributed by atoms with Crippen LogP contribution in [0, 0.1) is 0 Å². The molecule has 3 aromatic rings. The first-order valence-electron chi connectivity index (χ1n) is 8.88. The minimum Gasteiger partial charge on any atom is -0.378 e. The van der Waals surface area contributed by atoms with Crippen molar-refractivity contribution in [2.75, 3.05) is 19.0 Å². The highest BCUT2D eigenvalue weighted by Gasteiger charge is 2.25. The Bertz CT molecular complexity index is 882. The van der Waals surface area contributed by atoms with Crippen molar-refractivity contribution in [1.29, 1.82) is 0 Å². The quantitative estimate of drug-likeness (QED) is 0.510. The fraction of sp³-hybridized carbons (Fsp3) is 0.174. The molecule has 3 rings (SSSR count). The van der Waals surface area contributed by atoms with Gasteiger partial charge in [-0.25, -0.2) is 0 Å². The van der Waals surface area contributed by atoms with Crippen molar-refractivity contribution in [3.8, 4) is 0 Å². The van der Waals surface area contributed by atoms with Crippen LogP contribution in [0.25, 0.3) is 0 Å². The first-order valence-corrected chi connectivity index (χ1v) is 11.9. The van der Waals surface area contributed by atoms with E-state index in [-0.39, 0.29) is 5.78 Å². The number of ketones is 1. The second-order valence-corrected chi connectivity index (χ2v) is 11.7. The summed E-state index contributed by atoms with van der Waals surface area (Å²) in [5, 5.41) is 2.74. The summed E-state index contributed by atoms with van der Waals surface area (Å²) < 4.78 is 0. The van der Waals surface area contributed by atoms with Gasteiger partial charge in [0.2, 0.25) is 0 Å². The summed E-state index contributed by atoms with van der Waals surface area (Å²) >= 11 is 0. The highest BCUT2D eigenvalue weighted by Crippen LogP contribution is 2.16. The number of anilines is 1. The van der Waals surface area contributed by atoms with Crippen LogP contribution in [-0.4, -0.2) is 28.0 Å². The smallest absolute Gasteiger partial charge is 0.193 e. The largest absolute Gasteiger partial charge is 0.378 e. The zero-order chi connectivity index (χ0) is 18.7. The van der Waals surface area contributed by atoms with E-state index in [9.17, 15) is 4.79 Å². The molecule has 0 heterocycles. The monoisotopic (exact) mass is 359 g/mol. The zero-order valence-corrected chi connectivity index (χ0v) is 16.9. The summed E-state index contributed by atoms with van der Waals surface area (Å²) in [6, 6.07) is 26.6. The summed E-state index contributed by atoms with van der Waals surface area (Å²) in [5.74, 6) is 0.0704. The topological polar surface area (TPSA) is 20.3 Å². The molecule has 0 N–H and O–H groups in total. The van der Waals surface area contributed by atoms with Crippen molar-refractivity contribution in [1.82, 2.24) is 0 Å². The van der Waals surface area contributed by atoms with Crippen LogP contribution in [0.5, 0.6) is 0 Å². The Labute approximate surface area is 157 Å². The van der Waals surface area contributed by atoms with Crippen LogP contribution >= 0.6 is 0 Å². The average molecular weight is 360 g/mol. The number of hydrogen-bond donors (Lipinski definition) is 0. The van der Waals surface area contributed by atoms with Crippen LogP contribution in [0.3, 0.4) is 0 Å². The fourth-order valence-corrected chi connectivity index (χ4v) is 5.50. The van der Waals surface area contributed by atoms with Gasteiger partial charge in [-0.15, -0.1) is 0 Å². The highest BCUT2D eigenvalue weighted by molar-refractivity contribution is 7.00. The third-order valence-electron chi connectivity index (χ3n) is 5.01. The predicted octanol–water partition coefficient (Wildman–Crippen LogP) is 3.81. The van der Waals surface area contributed by atoms with Crippen LogP contribution in [0.4, 0.5) is 5.69 Å². The molecule has 0 saturated heterocycles. The number of nitrogens with zero attached hydrogens (tertiary/aromatic N) is 1. The van der Waals surface area contributed by atoms with E-state index >= 15 is 0 Å². The standard InChI is InChI=1S/C23H25NOSi/c1-24(2)20-14-10-18(11-15-20)23(25)19-12-16-22(17-13-19)26(3,4)21-8-6-5-7-9-21/h5-17H,1-4H3. The van der Waals surface area contributed by atoms with Crippen LogP contribution in [0.1, 0.15) is 15.9 Å². The number of rotatable bonds is 5. The lowest BCUT2D eigenvalue weighted by molar-refractivity contribution is 0.103. The Morgan fingerprint density at radius 2 is 1.15 bits per heavy atom. The van der Waals surface area contributed by atoms with Crippen molar-refractivity contribution < 1.29 is 4.79 Å². The molecule has 0 aromatic heterocycles. The van der Waals surface area contributed by atoms with Gasteiger partial charge in [-0.1, -0.05) is 78.1 Å². The van der Waals surface area contributed by atoms with Gasteiger partial charge in [-0.3, -0.25) is 4.79 Å². The predicted molar refractivity (Wildman–Crippen MR) is 114 cm³/mol. The van der Waals surface area contributed by atoms with E-state index in [1.54, 1.807) is 0 Å². The summed E-state index contributed by atoms with van der Waals surface area (Å²) in [4.78, 5) is 14.8. The van der Waals surface area contributed by atoms with Gasteiger partial charge in [0.15, 0.2) is 5.78 Å². The maximum atomic E-state index is 12.8. The van der Waals surface area contributed by atoms with Gasteiger partial charge >= 0.3 is 0 Å². The SMILES string of the molecule is CN(C)c1ccc(C(=O)c2ccc([Si](C)(C)c3ccccc3)cc2)cc1. The molecule has 132 valence electrons.